The fraction of sp³-hybridized carbons (Fsp3) is 0.241. The molecule has 1 aliphatic rings. The number of fused-ring (bicyclic) bond motifs is 2. The number of hydrogen-bond donors (Lipinski definition) is 1. The van der Waals surface area contributed by atoms with Crippen LogP contribution in [0.5, 0.6) is 0 Å². The quantitative estimate of drug-likeness (QED) is 0.297. The van der Waals surface area contributed by atoms with Crippen LogP contribution >= 0.6 is 11.9 Å². The summed E-state index contributed by atoms with van der Waals surface area (Å²) in [7, 11) is 1.71. The van der Waals surface area contributed by atoms with Gasteiger partial charge in [0, 0.05) is 17.7 Å². The molecule has 3 aromatic carbocycles. The minimum absolute atomic E-state index is 0.0841. The van der Waals surface area contributed by atoms with Crippen LogP contribution in [-0.2, 0) is 23.8 Å². The molecule has 5 rings (SSSR count). The third-order valence-corrected chi connectivity index (χ3v) is 7.96. The molecule has 0 bridgehead atoms. The van der Waals surface area contributed by atoms with Gasteiger partial charge in [0.05, 0.1) is 5.56 Å². The van der Waals surface area contributed by atoms with Crippen molar-refractivity contribution in [1.82, 2.24) is 8.87 Å². The van der Waals surface area contributed by atoms with E-state index in [2.05, 4.69) is 0 Å². The monoisotopic (exact) mass is 538 g/mol. The first-order valence-corrected chi connectivity index (χ1v) is 12.9. The number of carboxylic acid groups (broad SMARTS) is 1. The van der Waals surface area contributed by atoms with E-state index in [1.54, 1.807) is 17.4 Å². The summed E-state index contributed by atoms with van der Waals surface area (Å²) in [5, 5.41) is 12.3. The second-order valence-electron chi connectivity index (χ2n) is 9.32. The van der Waals surface area contributed by atoms with Crippen molar-refractivity contribution < 1.29 is 23.1 Å². The number of pyridine rings is 1. The Morgan fingerprint density at radius 1 is 1.05 bits per heavy atom. The number of carbonyl (C=O) groups is 1. The molecule has 1 atom stereocenters. The number of nitrogens with zero attached hydrogens (tertiary/aromatic N) is 2. The van der Waals surface area contributed by atoms with Crippen molar-refractivity contribution >= 4 is 28.7 Å². The van der Waals surface area contributed by atoms with Gasteiger partial charge in [-0.2, -0.15) is 13.2 Å². The highest BCUT2D eigenvalue weighted by molar-refractivity contribution is 7.97. The molecule has 196 valence electrons. The van der Waals surface area contributed by atoms with Gasteiger partial charge in [0.15, 0.2) is 0 Å². The fourth-order valence-electron chi connectivity index (χ4n) is 5.18. The van der Waals surface area contributed by atoms with Gasteiger partial charge in [-0.3, -0.25) is 9.36 Å². The molecule has 0 saturated carbocycles. The van der Waals surface area contributed by atoms with Crippen molar-refractivity contribution in [2.45, 2.75) is 37.0 Å². The molecular formula is C29H25F3N2O3S. The summed E-state index contributed by atoms with van der Waals surface area (Å²) >= 11 is 1.18. The van der Waals surface area contributed by atoms with Gasteiger partial charge in [-0.05, 0) is 71.4 Å². The molecular weight excluding hydrogens is 513 g/mol. The lowest BCUT2D eigenvalue weighted by atomic mass is 9.89. The molecule has 5 nitrogen and oxygen atoms in total. The van der Waals surface area contributed by atoms with E-state index in [4.69, 9.17) is 0 Å². The first-order chi connectivity index (χ1) is 18.1. The van der Waals surface area contributed by atoms with Crippen LogP contribution in [0.15, 0.2) is 76.6 Å². The molecule has 1 aromatic heterocycles. The Labute approximate surface area is 221 Å². The Kier molecular flexibility index (Phi) is 6.83. The van der Waals surface area contributed by atoms with Gasteiger partial charge < -0.3 is 5.11 Å². The number of benzene rings is 3. The first kappa shape index (κ1) is 26.1. The molecule has 0 fully saturated rings. The number of alkyl halides is 3. The largest absolute Gasteiger partial charge is 0.480 e. The molecule has 1 N–H and O–H groups in total. The summed E-state index contributed by atoms with van der Waals surface area (Å²) in [6, 6.07) is 17.5. The third-order valence-electron chi connectivity index (χ3n) is 6.92. The fourth-order valence-corrected chi connectivity index (χ4v) is 6.33. The summed E-state index contributed by atoms with van der Waals surface area (Å²) in [4.78, 5) is 26.1. The van der Waals surface area contributed by atoms with E-state index in [0.717, 1.165) is 28.5 Å². The Morgan fingerprint density at radius 3 is 2.47 bits per heavy atom. The van der Waals surface area contributed by atoms with Crippen LogP contribution in [0.25, 0.3) is 21.9 Å². The van der Waals surface area contributed by atoms with Crippen LogP contribution in [0.2, 0.25) is 0 Å². The van der Waals surface area contributed by atoms with E-state index in [9.17, 15) is 27.9 Å². The lowest BCUT2D eigenvalue weighted by Crippen LogP contribution is -2.42. The molecule has 38 heavy (non-hydrogen) atoms. The number of aromatic nitrogens is 1. The molecule has 0 amide bonds. The summed E-state index contributed by atoms with van der Waals surface area (Å²) < 4.78 is 44.2. The van der Waals surface area contributed by atoms with Gasteiger partial charge in [-0.25, -0.2) is 9.10 Å². The summed E-state index contributed by atoms with van der Waals surface area (Å²) in [5.41, 5.74) is 1.49. The van der Waals surface area contributed by atoms with Crippen LogP contribution in [0, 0.1) is 0 Å². The van der Waals surface area contributed by atoms with E-state index in [0.29, 0.717) is 40.1 Å². The van der Waals surface area contributed by atoms with E-state index in [-0.39, 0.29) is 6.54 Å². The van der Waals surface area contributed by atoms with Crippen LogP contribution in [0.1, 0.15) is 35.2 Å². The van der Waals surface area contributed by atoms with Gasteiger partial charge in [0.25, 0.3) is 5.56 Å². The van der Waals surface area contributed by atoms with Crippen molar-refractivity contribution in [2.24, 2.45) is 0 Å². The van der Waals surface area contributed by atoms with E-state index in [1.807, 2.05) is 49.4 Å². The van der Waals surface area contributed by atoms with Gasteiger partial charge in [-0.1, -0.05) is 61.5 Å². The Morgan fingerprint density at radius 2 is 1.76 bits per heavy atom. The lowest BCUT2D eigenvalue weighted by Gasteiger charge is -2.34. The second-order valence-corrected chi connectivity index (χ2v) is 10.5. The molecule has 1 unspecified atom stereocenters. The zero-order valence-electron chi connectivity index (χ0n) is 20.7. The van der Waals surface area contributed by atoms with Crippen molar-refractivity contribution in [2.75, 3.05) is 13.6 Å². The highest BCUT2D eigenvalue weighted by Crippen LogP contribution is 2.43. The van der Waals surface area contributed by atoms with E-state index < -0.39 is 29.3 Å². The second kappa shape index (κ2) is 9.96. The predicted molar refractivity (Wildman–Crippen MR) is 142 cm³/mol. The summed E-state index contributed by atoms with van der Waals surface area (Å²) in [6.07, 6.45) is -3.95. The van der Waals surface area contributed by atoms with Gasteiger partial charge in [-0.15, -0.1) is 0 Å². The molecule has 9 heteroatoms. The van der Waals surface area contributed by atoms with Crippen LogP contribution in [-0.4, -0.2) is 33.5 Å². The lowest BCUT2D eigenvalue weighted by molar-refractivity contribution is -0.141. The van der Waals surface area contributed by atoms with Crippen molar-refractivity contribution in [1.29, 1.82) is 0 Å². The topological polar surface area (TPSA) is 62.5 Å². The highest BCUT2D eigenvalue weighted by atomic mass is 32.2. The van der Waals surface area contributed by atoms with E-state index >= 15 is 0 Å². The molecule has 4 aromatic rings. The zero-order chi connectivity index (χ0) is 27.2. The van der Waals surface area contributed by atoms with Crippen LogP contribution in [0.4, 0.5) is 13.2 Å². The van der Waals surface area contributed by atoms with Gasteiger partial charge in [0.2, 0.25) is 0 Å². The first-order valence-electron chi connectivity index (χ1n) is 12.2. The van der Waals surface area contributed by atoms with Crippen LogP contribution < -0.4 is 5.56 Å². The number of hydrogen-bond acceptors (Lipinski definition) is 4. The zero-order valence-corrected chi connectivity index (χ0v) is 21.6. The molecule has 2 heterocycles. The molecule has 0 saturated heterocycles. The number of aliphatic carboxylic acids is 1. The Bertz CT molecular complexity index is 1610. The Hall–Kier alpha value is -3.56. The number of likely N-dealkylation sites (N-methyl/N-ethyl adjacent to an activating group) is 1. The van der Waals surface area contributed by atoms with Crippen LogP contribution in [0.3, 0.4) is 0 Å². The van der Waals surface area contributed by atoms with E-state index in [1.165, 1.54) is 22.6 Å². The van der Waals surface area contributed by atoms with Crippen molar-refractivity contribution in [3.05, 3.63) is 99.3 Å². The maximum atomic E-state index is 13.8. The maximum Gasteiger partial charge on any atom is 0.416 e. The smallest absolute Gasteiger partial charge is 0.416 e. The molecule has 1 aliphatic heterocycles. The molecule has 0 spiro atoms. The molecule has 0 aliphatic carbocycles. The van der Waals surface area contributed by atoms with Crippen molar-refractivity contribution in [3.8, 4) is 11.1 Å². The number of rotatable bonds is 5. The van der Waals surface area contributed by atoms with Crippen molar-refractivity contribution in [3.63, 3.8) is 0 Å². The Balaban J connectivity index is 1.87. The summed E-state index contributed by atoms with van der Waals surface area (Å²) in [6.45, 7) is 1.89. The molecule has 0 radical (unpaired) electrons. The van der Waals surface area contributed by atoms with Gasteiger partial charge in [0.1, 0.15) is 11.1 Å². The number of carboxylic acids is 1. The SMILES string of the molecule is CCc1c(Cc2cccc3ccccc23)c(-c2cccc(C(F)(F)F)c2)c2n(c1=O)C(C(=O)O)CN(C)S2. The standard InChI is InChI=1S/C29H25F3N2O3S/c1-3-21-23(15-18-10-6-9-17-8-4-5-13-22(17)18)25(19-11-7-12-20(14-19)29(30,31)32)27-34(26(21)35)24(28(36)37)16-33(2)38-27/h4-14,24H,3,15-16H2,1-2H3,(H,36,37). The number of halogens is 3. The van der Waals surface area contributed by atoms with Gasteiger partial charge >= 0.3 is 12.1 Å². The minimum Gasteiger partial charge on any atom is -0.480 e. The maximum absolute atomic E-state index is 13.8. The predicted octanol–water partition coefficient (Wildman–Crippen LogP) is 6.42. The third kappa shape index (κ3) is 4.61. The average Bonchev–Trinajstić information content (AvgIpc) is 2.88. The minimum atomic E-state index is -4.56. The summed E-state index contributed by atoms with van der Waals surface area (Å²) in [5.74, 6) is -1.17. The highest BCUT2D eigenvalue weighted by Gasteiger charge is 2.36. The normalized spacial score (nSPS) is 16.0. The average molecular weight is 539 g/mol.